The van der Waals surface area contributed by atoms with Gasteiger partial charge in [0.15, 0.2) is 5.78 Å². The summed E-state index contributed by atoms with van der Waals surface area (Å²) in [6, 6.07) is 2.07. The van der Waals surface area contributed by atoms with Crippen molar-refractivity contribution in [2.24, 2.45) is 0 Å². The van der Waals surface area contributed by atoms with Crippen molar-refractivity contribution in [3.63, 3.8) is 0 Å². The minimum atomic E-state index is 0.307. The average Bonchev–Trinajstić information content (AvgIpc) is 2.52. The van der Waals surface area contributed by atoms with Crippen LogP contribution in [0.15, 0.2) is 11.4 Å². The highest BCUT2D eigenvalue weighted by atomic mass is 32.1. The molecule has 0 aromatic carbocycles. The van der Waals surface area contributed by atoms with Crippen LogP contribution in [0.1, 0.15) is 54.8 Å². The van der Waals surface area contributed by atoms with E-state index in [1.807, 2.05) is 12.3 Å². The molecule has 2 heteroatoms. The zero-order valence-corrected chi connectivity index (χ0v) is 9.28. The number of ketones is 1. The highest BCUT2D eigenvalue weighted by molar-refractivity contribution is 7.12. The smallest absolute Gasteiger partial charge is 0.173 e. The molecule has 1 aromatic heterocycles. The number of thiophene rings is 1. The molecule has 13 heavy (non-hydrogen) atoms. The second kappa shape index (κ2) is 4.56. The third-order valence-electron chi connectivity index (χ3n) is 2.05. The third-order valence-corrected chi connectivity index (χ3v) is 3.02. The highest BCUT2D eigenvalue weighted by Gasteiger charge is 2.13. The lowest BCUT2D eigenvalue weighted by Gasteiger charge is -2.04. The molecule has 0 aliphatic rings. The van der Waals surface area contributed by atoms with Crippen molar-refractivity contribution in [3.05, 3.63) is 21.9 Å². The van der Waals surface area contributed by atoms with Gasteiger partial charge >= 0.3 is 0 Å². The predicted molar refractivity (Wildman–Crippen MR) is 57.6 cm³/mol. The van der Waals surface area contributed by atoms with E-state index < -0.39 is 0 Å². The molecular weight excluding hydrogens is 180 g/mol. The normalized spacial score (nSPS) is 10.8. The van der Waals surface area contributed by atoms with Crippen molar-refractivity contribution in [1.82, 2.24) is 0 Å². The summed E-state index contributed by atoms with van der Waals surface area (Å²) in [7, 11) is 0. The van der Waals surface area contributed by atoms with Gasteiger partial charge < -0.3 is 0 Å². The van der Waals surface area contributed by atoms with E-state index >= 15 is 0 Å². The number of rotatable bonds is 4. The third kappa shape index (κ3) is 2.41. The van der Waals surface area contributed by atoms with Gasteiger partial charge in [0.1, 0.15) is 0 Å². The first-order valence-corrected chi connectivity index (χ1v) is 5.65. The number of Topliss-reactive ketones (excluding diaryl/α,β-unsaturated/α-hetero) is 1. The van der Waals surface area contributed by atoms with E-state index in [9.17, 15) is 4.79 Å². The Balaban J connectivity index is 2.87. The van der Waals surface area contributed by atoms with E-state index in [1.54, 1.807) is 11.3 Å². The molecule has 72 valence electrons. The molecule has 0 saturated carbocycles. The maximum atomic E-state index is 11.6. The largest absolute Gasteiger partial charge is 0.293 e. The Morgan fingerprint density at radius 2 is 2.23 bits per heavy atom. The fourth-order valence-electron chi connectivity index (χ4n) is 1.34. The van der Waals surface area contributed by atoms with Crippen LogP contribution < -0.4 is 0 Å². The van der Waals surface area contributed by atoms with Crippen LogP contribution in [0.5, 0.6) is 0 Å². The van der Waals surface area contributed by atoms with Crippen molar-refractivity contribution in [1.29, 1.82) is 0 Å². The molecule has 0 saturated heterocycles. The van der Waals surface area contributed by atoms with Crippen molar-refractivity contribution in [2.75, 3.05) is 0 Å². The fourth-order valence-corrected chi connectivity index (χ4v) is 2.37. The Hall–Kier alpha value is -0.630. The Morgan fingerprint density at radius 1 is 1.54 bits per heavy atom. The van der Waals surface area contributed by atoms with Gasteiger partial charge in [-0.15, -0.1) is 11.3 Å². The average molecular weight is 196 g/mol. The molecule has 0 N–H and O–H groups in total. The predicted octanol–water partition coefficient (Wildman–Crippen LogP) is 3.85. The summed E-state index contributed by atoms with van der Waals surface area (Å²) < 4.78 is 0. The minimum absolute atomic E-state index is 0.307. The van der Waals surface area contributed by atoms with Gasteiger partial charge in [-0.05, 0) is 29.3 Å². The van der Waals surface area contributed by atoms with Crippen molar-refractivity contribution in [3.8, 4) is 0 Å². The van der Waals surface area contributed by atoms with Gasteiger partial charge in [0.2, 0.25) is 0 Å². The molecule has 0 amide bonds. The standard InChI is InChI=1S/C11H16OS/c1-4-5-10(12)11-9(8(2)3)6-7-13-11/h6-8H,4-5H2,1-3H3. The van der Waals surface area contributed by atoms with E-state index in [4.69, 9.17) is 0 Å². The number of hydrogen-bond acceptors (Lipinski definition) is 2. The molecule has 0 unspecified atom stereocenters. The minimum Gasteiger partial charge on any atom is -0.293 e. The molecule has 0 atom stereocenters. The first-order chi connectivity index (χ1) is 6.16. The van der Waals surface area contributed by atoms with Crippen LogP contribution in [0.4, 0.5) is 0 Å². The summed E-state index contributed by atoms with van der Waals surface area (Å²) >= 11 is 1.58. The Labute approximate surface area is 83.8 Å². The maximum absolute atomic E-state index is 11.6. The highest BCUT2D eigenvalue weighted by Crippen LogP contribution is 2.25. The van der Waals surface area contributed by atoms with Crippen LogP contribution in [0.3, 0.4) is 0 Å². The van der Waals surface area contributed by atoms with Crippen molar-refractivity contribution in [2.45, 2.75) is 39.5 Å². The monoisotopic (exact) mass is 196 g/mol. The quantitative estimate of drug-likeness (QED) is 0.668. The summed E-state index contributed by atoms with van der Waals surface area (Å²) in [6.45, 7) is 6.30. The molecule has 0 radical (unpaired) electrons. The van der Waals surface area contributed by atoms with Gasteiger partial charge in [-0.1, -0.05) is 20.8 Å². The van der Waals surface area contributed by atoms with E-state index in [2.05, 4.69) is 19.9 Å². The maximum Gasteiger partial charge on any atom is 0.173 e. The van der Waals surface area contributed by atoms with Crippen LogP contribution in [-0.4, -0.2) is 5.78 Å². The summed E-state index contributed by atoms with van der Waals surface area (Å²) in [5.74, 6) is 0.767. The molecule has 1 aromatic rings. The van der Waals surface area contributed by atoms with E-state index in [-0.39, 0.29) is 0 Å². The van der Waals surface area contributed by atoms with Gasteiger partial charge in [-0.25, -0.2) is 0 Å². The summed E-state index contributed by atoms with van der Waals surface area (Å²) in [5.41, 5.74) is 1.21. The number of hydrogen-bond donors (Lipinski definition) is 0. The molecule has 1 nitrogen and oxygen atoms in total. The lowest BCUT2D eigenvalue weighted by Crippen LogP contribution is -2.00. The van der Waals surface area contributed by atoms with Crippen molar-refractivity contribution >= 4 is 17.1 Å². The van der Waals surface area contributed by atoms with E-state index in [0.29, 0.717) is 18.1 Å². The van der Waals surface area contributed by atoms with Crippen LogP contribution >= 0.6 is 11.3 Å². The van der Waals surface area contributed by atoms with Crippen molar-refractivity contribution < 1.29 is 4.79 Å². The lowest BCUT2D eigenvalue weighted by atomic mass is 10.0. The van der Waals surface area contributed by atoms with Gasteiger partial charge in [0.25, 0.3) is 0 Å². The molecule has 0 spiro atoms. The summed E-state index contributed by atoms with van der Waals surface area (Å²) in [6.07, 6.45) is 1.62. The molecule has 0 fully saturated rings. The molecule has 0 aliphatic carbocycles. The van der Waals surface area contributed by atoms with Crippen LogP contribution in [0.25, 0.3) is 0 Å². The number of carbonyl (C=O) groups excluding carboxylic acids is 1. The van der Waals surface area contributed by atoms with Gasteiger partial charge in [0, 0.05) is 6.42 Å². The molecule has 0 aliphatic heterocycles. The molecule has 1 heterocycles. The molecule has 0 bridgehead atoms. The second-order valence-electron chi connectivity index (χ2n) is 3.53. The summed E-state index contributed by atoms with van der Waals surface area (Å²) in [5, 5.41) is 2.01. The van der Waals surface area contributed by atoms with Crippen LogP contribution in [0.2, 0.25) is 0 Å². The Bertz CT molecular complexity index is 286. The molecular formula is C11H16OS. The Kier molecular flexibility index (Phi) is 3.67. The second-order valence-corrected chi connectivity index (χ2v) is 4.45. The zero-order chi connectivity index (χ0) is 9.84. The first-order valence-electron chi connectivity index (χ1n) is 4.77. The summed E-state index contributed by atoms with van der Waals surface area (Å²) in [4.78, 5) is 12.6. The van der Waals surface area contributed by atoms with E-state index in [1.165, 1.54) is 5.56 Å². The Morgan fingerprint density at radius 3 is 2.77 bits per heavy atom. The lowest BCUT2D eigenvalue weighted by molar-refractivity contribution is 0.0984. The number of carbonyl (C=O) groups is 1. The molecule has 1 rings (SSSR count). The van der Waals surface area contributed by atoms with Gasteiger partial charge in [-0.3, -0.25) is 4.79 Å². The van der Waals surface area contributed by atoms with E-state index in [0.717, 1.165) is 11.3 Å². The van der Waals surface area contributed by atoms with Crippen LogP contribution in [-0.2, 0) is 0 Å². The SMILES string of the molecule is CCCC(=O)c1sccc1C(C)C. The van der Waals surface area contributed by atoms with Gasteiger partial charge in [-0.2, -0.15) is 0 Å². The fraction of sp³-hybridized carbons (Fsp3) is 0.545. The zero-order valence-electron chi connectivity index (χ0n) is 8.46. The first kappa shape index (κ1) is 10.5. The topological polar surface area (TPSA) is 17.1 Å². The van der Waals surface area contributed by atoms with Gasteiger partial charge in [0.05, 0.1) is 4.88 Å². The van der Waals surface area contributed by atoms with Crippen LogP contribution in [0, 0.1) is 0 Å².